The van der Waals surface area contributed by atoms with Crippen molar-refractivity contribution in [3.8, 4) is 28.8 Å². The third kappa shape index (κ3) is 6.92. The second kappa shape index (κ2) is 14.2. The van der Waals surface area contributed by atoms with Crippen LogP contribution in [0.15, 0.2) is 65.3 Å². The molecule has 2 atom stereocenters. The molecule has 268 valence electrons. The molecule has 0 saturated carbocycles. The summed E-state index contributed by atoms with van der Waals surface area (Å²) in [5.74, 6) is -0.263. The number of pyridine rings is 3. The number of aryl methyl sites for hydroxylation is 1. The molecule has 53 heavy (non-hydrogen) atoms. The monoisotopic (exact) mass is 728 g/mol. The highest BCUT2D eigenvalue weighted by Crippen LogP contribution is 2.39. The van der Waals surface area contributed by atoms with Crippen molar-refractivity contribution in [1.29, 1.82) is 5.26 Å². The van der Waals surface area contributed by atoms with Crippen LogP contribution >= 0.6 is 11.6 Å². The minimum Gasteiger partial charge on any atom is -0.481 e. The molecular weight excluding hydrogens is 692 g/mol. The maximum atomic E-state index is 11.5. The molecule has 6 heterocycles. The number of carboxylic acid groups (broad SMARTS) is 1. The largest absolute Gasteiger partial charge is 0.481 e. The number of anilines is 2. The van der Waals surface area contributed by atoms with E-state index >= 15 is 0 Å². The van der Waals surface area contributed by atoms with E-state index in [1.54, 1.807) is 18.3 Å². The number of oxazole rings is 1. The summed E-state index contributed by atoms with van der Waals surface area (Å²) in [5.41, 5.74) is 8.40. The number of aliphatic carboxylic acids is 1. The van der Waals surface area contributed by atoms with Gasteiger partial charge in [0.15, 0.2) is 11.4 Å². The summed E-state index contributed by atoms with van der Waals surface area (Å²) in [6, 6.07) is 17.7. The molecule has 0 amide bonds. The number of aliphatic hydroxyl groups excluding tert-OH is 1. The van der Waals surface area contributed by atoms with E-state index in [0.29, 0.717) is 71.4 Å². The first kappa shape index (κ1) is 34.6. The molecule has 2 aliphatic rings. The predicted octanol–water partition coefficient (Wildman–Crippen LogP) is 6.86. The summed E-state index contributed by atoms with van der Waals surface area (Å²) in [4.78, 5) is 34.8. The van der Waals surface area contributed by atoms with Gasteiger partial charge in [-0.3, -0.25) is 24.6 Å². The second-order valence-corrected chi connectivity index (χ2v) is 14.4. The van der Waals surface area contributed by atoms with Gasteiger partial charge in [0.05, 0.1) is 33.9 Å². The van der Waals surface area contributed by atoms with Gasteiger partial charge in [-0.25, -0.2) is 9.97 Å². The van der Waals surface area contributed by atoms with E-state index in [1.165, 1.54) is 0 Å². The number of hydrogen-bond acceptors (Lipinski definition) is 11. The summed E-state index contributed by atoms with van der Waals surface area (Å²) < 4.78 is 6.18. The van der Waals surface area contributed by atoms with Crippen LogP contribution in [0.4, 0.5) is 11.5 Å². The molecule has 12 nitrogen and oxygen atoms in total. The molecule has 0 aliphatic carbocycles. The zero-order valence-corrected chi connectivity index (χ0v) is 30.1. The molecule has 6 aromatic rings. The standard InChI is InChI=1S/C40H37ClN8O4/c1-22-12-27-14-25(19-49-11-8-29(50)21-49)17-44-35(27)38(45-22)46-32-5-3-4-30(23(32)2)36-34(41)31(6-9-43-36)39-47-33-15-24(13-28(16-42)37(33)53-39)18-48-10-7-26(20-48)40(51)52/h3-6,9,12-15,17,26,29,50H,7-8,10-11,18-21H2,1-2H3,(H,45,46)(H,51,52). The SMILES string of the molecule is Cc1cc2cc(CN3CCC(O)C3)cnc2c(Nc2cccc(-c3nccc(-c4nc5cc(CN6CCC(C(=O)O)C6)cc(C#N)c5o4)c3Cl)c2C)n1. The van der Waals surface area contributed by atoms with Crippen LogP contribution < -0.4 is 5.32 Å². The number of nitrogens with zero attached hydrogens (tertiary/aromatic N) is 7. The number of carbonyl (C=O) groups is 1. The van der Waals surface area contributed by atoms with Gasteiger partial charge in [-0.1, -0.05) is 23.7 Å². The van der Waals surface area contributed by atoms with Crippen LogP contribution in [0.1, 0.15) is 40.8 Å². The predicted molar refractivity (Wildman–Crippen MR) is 202 cm³/mol. The Bertz CT molecular complexity index is 2440. The Labute approximate surface area is 310 Å². The van der Waals surface area contributed by atoms with Crippen molar-refractivity contribution in [2.24, 2.45) is 5.92 Å². The minimum atomic E-state index is -0.784. The number of halogens is 1. The Hall–Kier alpha value is -5.45. The van der Waals surface area contributed by atoms with Crippen molar-refractivity contribution in [2.75, 3.05) is 31.5 Å². The molecule has 0 spiro atoms. The smallest absolute Gasteiger partial charge is 0.307 e. The van der Waals surface area contributed by atoms with Gasteiger partial charge in [0, 0.05) is 67.4 Å². The first-order valence-electron chi connectivity index (χ1n) is 17.6. The molecule has 4 aromatic heterocycles. The van der Waals surface area contributed by atoms with Crippen LogP contribution in [0, 0.1) is 31.1 Å². The Morgan fingerprint density at radius 3 is 2.60 bits per heavy atom. The van der Waals surface area contributed by atoms with Gasteiger partial charge in [-0.15, -0.1) is 0 Å². The van der Waals surface area contributed by atoms with Crippen LogP contribution in [0.2, 0.25) is 5.02 Å². The number of rotatable bonds is 9. The van der Waals surface area contributed by atoms with Crippen LogP contribution in [0.3, 0.4) is 0 Å². The third-order valence-corrected chi connectivity index (χ3v) is 10.5. The van der Waals surface area contributed by atoms with Gasteiger partial charge in [0.1, 0.15) is 17.1 Å². The summed E-state index contributed by atoms with van der Waals surface area (Å²) >= 11 is 7.09. The lowest BCUT2D eigenvalue weighted by Gasteiger charge is -2.17. The first-order chi connectivity index (χ1) is 25.6. The molecule has 3 N–H and O–H groups in total. The van der Waals surface area contributed by atoms with Crippen molar-refractivity contribution >= 4 is 51.1 Å². The normalized spacial score (nSPS) is 17.9. The number of hydrogen-bond donors (Lipinski definition) is 3. The number of aromatic nitrogens is 4. The highest BCUT2D eigenvalue weighted by molar-refractivity contribution is 6.35. The number of likely N-dealkylation sites (tertiary alicyclic amines) is 2. The summed E-state index contributed by atoms with van der Waals surface area (Å²) in [6.45, 7) is 7.88. The topological polar surface area (TPSA) is 165 Å². The minimum absolute atomic E-state index is 0.267. The molecule has 2 aliphatic heterocycles. The molecule has 8 rings (SSSR count). The number of carboxylic acids is 1. The lowest BCUT2D eigenvalue weighted by molar-refractivity contribution is -0.141. The molecule has 0 radical (unpaired) electrons. The van der Waals surface area contributed by atoms with E-state index in [9.17, 15) is 20.3 Å². The number of fused-ring (bicyclic) bond motifs is 2. The Kier molecular flexibility index (Phi) is 9.26. The van der Waals surface area contributed by atoms with Gasteiger partial charge >= 0.3 is 5.97 Å². The lowest BCUT2D eigenvalue weighted by atomic mass is 10.0. The molecule has 2 unspecified atom stereocenters. The Balaban J connectivity index is 1.08. The van der Waals surface area contributed by atoms with E-state index in [-0.39, 0.29) is 17.9 Å². The Morgan fingerprint density at radius 2 is 1.83 bits per heavy atom. The number of nitriles is 1. The molecule has 13 heteroatoms. The van der Waals surface area contributed by atoms with Gasteiger partial charge in [-0.2, -0.15) is 5.26 Å². The third-order valence-electron chi connectivity index (χ3n) is 10.2. The highest BCUT2D eigenvalue weighted by atomic mass is 35.5. The van der Waals surface area contributed by atoms with Crippen molar-refractivity contribution in [1.82, 2.24) is 29.7 Å². The fourth-order valence-electron chi connectivity index (χ4n) is 7.48. The van der Waals surface area contributed by atoms with Gasteiger partial charge in [0.25, 0.3) is 0 Å². The highest BCUT2D eigenvalue weighted by Gasteiger charge is 2.28. The molecular formula is C40H37ClN8O4. The number of benzene rings is 2. The van der Waals surface area contributed by atoms with Gasteiger partial charge in [-0.05, 0) is 86.3 Å². The Morgan fingerprint density at radius 1 is 1.02 bits per heavy atom. The summed E-state index contributed by atoms with van der Waals surface area (Å²) in [5, 5.41) is 34.2. The first-order valence-corrected chi connectivity index (χ1v) is 18.0. The van der Waals surface area contributed by atoms with Crippen molar-refractivity contribution in [3.63, 3.8) is 0 Å². The molecule has 2 aromatic carbocycles. The van der Waals surface area contributed by atoms with E-state index in [4.69, 9.17) is 31.0 Å². The quantitative estimate of drug-likeness (QED) is 0.142. The molecule has 2 fully saturated rings. The number of β-amino-alcohol motifs (C(OH)–C–C–N with tert-alkyl or cyclic N) is 1. The van der Waals surface area contributed by atoms with E-state index in [2.05, 4.69) is 32.2 Å². The fourth-order valence-corrected chi connectivity index (χ4v) is 7.77. The average Bonchev–Trinajstić information content (AvgIpc) is 3.89. The van der Waals surface area contributed by atoms with E-state index < -0.39 is 5.97 Å². The average molecular weight is 729 g/mol. The van der Waals surface area contributed by atoms with Crippen LogP contribution in [0.5, 0.6) is 0 Å². The van der Waals surface area contributed by atoms with Crippen molar-refractivity contribution < 1.29 is 19.4 Å². The fraction of sp³-hybridized carbons (Fsp3) is 0.300. The molecule has 0 bridgehead atoms. The zero-order chi connectivity index (χ0) is 36.8. The maximum Gasteiger partial charge on any atom is 0.307 e. The number of nitrogens with one attached hydrogen (secondary N) is 1. The van der Waals surface area contributed by atoms with Crippen LogP contribution in [0.25, 0.3) is 44.7 Å². The lowest BCUT2D eigenvalue weighted by Crippen LogP contribution is -2.22. The summed E-state index contributed by atoms with van der Waals surface area (Å²) in [7, 11) is 0. The van der Waals surface area contributed by atoms with Crippen LogP contribution in [-0.2, 0) is 17.9 Å². The van der Waals surface area contributed by atoms with E-state index in [0.717, 1.165) is 64.0 Å². The van der Waals surface area contributed by atoms with Gasteiger partial charge in [0.2, 0.25) is 5.89 Å². The van der Waals surface area contributed by atoms with Crippen molar-refractivity contribution in [3.05, 3.63) is 93.9 Å². The molecule has 2 saturated heterocycles. The number of aliphatic hydroxyl groups is 1. The van der Waals surface area contributed by atoms with Crippen molar-refractivity contribution in [2.45, 2.75) is 45.9 Å². The second-order valence-electron chi connectivity index (χ2n) is 14.0. The van der Waals surface area contributed by atoms with E-state index in [1.807, 2.05) is 50.4 Å². The van der Waals surface area contributed by atoms with Gasteiger partial charge < -0.3 is 19.9 Å². The maximum absolute atomic E-state index is 11.5. The summed E-state index contributed by atoms with van der Waals surface area (Å²) in [6.07, 6.45) is 4.66. The zero-order valence-electron chi connectivity index (χ0n) is 29.3. The van der Waals surface area contributed by atoms with Crippen LogP contribution in [-0.4, -0.2) is 78.2 Å².